The molecule has 26 heavy (non-hydrogen) atoms. The fraction of sp³-hybridized carbons (Fsp3) is 0.267. The zero-order chi connectivity index (χ0) is 18.4. The number of benzene rings is 1. The minimum atomic E-state index is -0.544. The van der Waals surface area contributed by atoms with E-state index in [1.807, 2.05) is 0 Å². The van der Waals surface area contributed by atoms with E-state index in [-0.39, 0.29) is 35.6 Å². The zero-order valence-electron chi connectivity index (χ0n) is 13.5. The van der Waals surface area contributed by atoms with Gasteiger partial charge >= 0.3 is 5.69 Å². The van der Waals surface area contributed by atoms with E-state index in [1.54, 1.807) is 4.57 Å². The van der Waals surface area contributed by atoms with Crippen LogP contribution in [0, 0.1) is 10.1 Å². The monoisotopic (exact) mass is 359 g/mol. The van der Waals surface area contributed by atoms with Crippen LogP contribution in [0.3, 0.4) is 0 Å². The number of aryl methyl sites for hydroxylation is 1. The van der Waals surface area contributed by atoms with Crippen molar-refractivity contribution in [3.63, 3.8) is 0 Å². The molecule has 0 unspecified atom stereocenters. The van der Waals surface area contributed by atoms with Gasteiger partial charge in [0.05, 0.1) is 11.5 Å². The molecule has 0 saturated carbocycles. The molecule has 11 nitrogen and oxygen atoms in total. The molecule has 134 valence electrons. The number of imidazole rings is 1. The van der Waals surface area contributed by atoms with Gasteiger partial charge < -0.3 is 9.47 Å². The van der Waals surface area contributed by atoms with Gasteiger partial charge in [-0.2, -0.15) is 4.98 Å². The van der Waals surface area contributed by atoms with E-state index in [2.05, 4.69) is 9.97 Å². The average molecular weight is 359 g/mol. The third-order valence-corrected chi connectivity index (χ3v) is 4.11. The number of ether oxygens (including phenoxy) is 2. The molecule has 0 bridgehead atoms. The number of fused-ring (bicyclic) bond motifs is 3. The summed E-state index contributed by atoms with van der Waals surface area (Å²) < 4.78 is 14.1. The Balaban J connectivity index is 1.51. The number of nitro benzene ring substituents is 1. The van der Waals surface area contributed by atoms with Crippen molar-refractivity contribution >= 4 is 16.9 Å². The Hall–Kier alpha value is -3.63. The highest BCUT2D eigenvalue weighted by Crippen LogP contribution is 2.26. The van der Waals surface area contributed by atoms with Crippen molar-refractivity contribution in [3.05, 3.63) is 55.2 Å². The summed E-state index contributed by atoms with van der Waals surface area (Å²) in [6.07, 6.45) is -0.381. The maximum atomic E-state index is 12.1. The first-order valence-electron chi connectivity index (χ1n) is 7.67. The number of rotatable bonds is 4. The van der Waals surface area contributed by atoms with Crippen LogP contribution < -0.4 is 20.7 Å². The Bertz CT molecular complexity index is 1130. The molecule has 1 aliphatic rings. The summed E-state index contributed by atoms with van der Waals surface area (Å²) in [5.74, 6) is 0.467. The van der Waals surface area contributed by atoms with Crippen LogP contribution in [-0.4, -0.2) is 36.7 Å². The maximum absolute atomic E-state index is 12.1. The quantitative estimate of drug-likeness (QED) is 0.518. The molecule has 1 aromatic carbocycles. The van der Waals surface area contributed by atoms with E-state index in [1.165, 1.54) is 35.9 Å². The minimum absolute atomic E-state index is 0.0223. The number of non-ortho nitro benzene ring substituents is 1. The van der Waals surface area contributed by atoms with Crippen LogP contribution in [0.1, 0.15) is 0 Å². The Morgan fingerprint density at radius 2 is 2.12 bits per heavy atom. The van der Waals surface area contributed by atoms with Crippen LogP contribution in [0.4, 0.5) is 5.69 Å². The van der Waals surface area contributed by atoms with E-state index in [9.17, 15) is 19.7 Å². The van der Waals surface area contributed by atoms with Crippen molar-refractivity contribution in [1.82, 2.24) is 19.1 Å². The van der Waals surface area contributed by atoms with Gasteiger partial charge in [0, 0.05) is 19.2 Å². The van der Waals surface area contributed by atoms with Gasteiger partial charge in [-0.1, -0.05) is 0 Å². The predicted octanol–water partition coefficient (Wildman–Crippen LogP) is 0.171. The molecule has 0 saturated heterocycles. The van der Waals surface area contributed by atoms with Gasteiger partial charge in [0.1, 0.15) is 12.4 Å². The molecular weight excluding hydrogens is 346 g/mol. The van der Waals surface area contributed by atoms with Crippen LogP contribution in [0.25, 0.3) is 11.2 Å². The summed E-state index contributed by atoms with van der Waals surface area (Å²) >= 11 is 0. The van der Waals surface area contributed by atoms with Crippen LogP contribution >= 0.6 is 0 Å². The average Bonchev–Trinajstić information content (AvgIpc) is 3.15. The fourth-order valence-corrected chi connectivity index (χ4v) is 2.80. The van der Waals surface area contributed by atoms with Gasteiger partial charge in [-0.05, 0) is 12.1 Å². The molecule has 1 N–H and O–H groups in total. The molecule has 4 rings (SSSR count). The SMILES string of the molecule is Cn1c(=O)[nH]c(=O)c2c1nc1n2C[C@@H](COc2ccc([N+](=O)[O-])cc2)O1. The number of hydrogen-bond acceptors (Lipinski definition) is 7. The Morgan fingerprint density at radius 1 is 1.38 bits per heavy atom. The topological polar surface area (TPSA) is 134 Å². The van der Waals surface area contributed by atoms with Crippen molar-refractivity contribution in [2.45, 2.75) is 12.6 Å². The van der Waals surface area contributed by atoms with E-state index in [0.29, 0.717) is 12.3 Å². The molecule has 3 aromatic rings. The lowest BCUT2D eigenvalue weighted by molar-refractivity contribution is -0.384. The molecule has 2 aromatic heterocycles. The Morgan fingerprint density at radius 3 is 2.81 bits per heavy atom. The van der Waals surface area contributed by atoms with Gasteiger partial charge in [0.2, 0.25) is 0 Å². The van der Waals surface area contributed by atoms with Gasteiger partial charge in [0.15, 0.2) is 17.3 Å². The molecule has 0 fully saturated rings. The van der Waals surface area contributed by atoms with Crippen molar-refractivity contribution in [1.29, 1.82) is 0 Å². The van der Waals surface area contributed by atoms with Crippen LogP contribution in [0.2, 0.25) is 0 Å². The lowest BCUT2D eigenvalue weighted by atomic mass is 10.3. The van der Waals surface area contributed by atoms with Crippen LogP contribution in [0.15, 0.2) is 33.9 Å². The molecule has 0 amide bonds. The van der Waals surface area contributed by atoms with Gasteiger partial charge in [-0.25, -0.2) is 4.79 Å². The minimum Gasteiger partial charge on any atom is -0.490 e. The standard InChI is InChI=1S/C15H13N5O6/c1-18-12-11(13(21)17-14(18)22)19-6-10(26-15(19)16-12)7-25-9-4-2-8(3-5-9)20(23)24/h2-5,10H,6-7H2,1H3,(H,17,21,22)/t10-/m0/s1. The first-order chi connectivity index (χ1) is 12.4. The largest absolute Gasteiger partial charge is 0.490 e. The summed E-state index contributed by atoms with van der Waals surface area (Å²) in [7, 11) is 1.51. The number of aromatic nitrogens is 4. The number of nitro groups is 1. The molecule has 1 aliphatic heterocycles. The number of hydrogen-bond donors (Lipinski definition) is 1. The highest BCUT2D eigenvalue weighted by molar-refractivity contribution is 5.72. The highest BCUT2D eigenvalue weighted by atomic mass is 16.6. The molecule has 1 atom stereocenters. The van der Waals surface area contributed by atoms with E-state index in [4.69, 9.17) is 9.47 Å². The summed E-state index contributed by atoms with van der Waals surface area (Å²) in [5.41, 5.74) is -0.575. The van der Waals surface area contributed by atoms with Crippen molar-refractivity contribution in [2.24, 2.45) is 7.05 Å². The van der Waals surface area contributed by atoms with E-state index >= 15 is 0 Å². The van der Waals surface area contributed by atoms with Gasteiger partial charge in [-0.15, -0.1) is 0 Å². The summed E-state index contributed by atoms with van der Waals surface area (Å²) in [6.45, 7) is 0.506. The third kappa shape index (κ3) is 2.49. The second kappa shape index (κ2) is 5.72. The Kier molecular flexibility index (Phi) is 3.49. The number of nitrogens with one attached hydrogen (secondary N) is 1. The summed E-state index contributed by atoms with van der Waals surface area (Å²) in [6, 6.07) is 5.94. The molecule has 0 aliphatic carbocycles. The summed E-state index contributed by atoms with van der Waals surface area (Å²) in [4.78, 5) is 40.3. The number of H-pyrrole nitrogens is 1. The molecule has 3 heterocycles. The van der Waals surface area contributed by atoms with Gasteiger partial charge in [0.25, 0.3) is 17.3 Å². The van der Waals surface area contributed by atoms with Crippen molar-refractivity contribution in [3.8, 4) is 11.8 Å². The van der Waals surface area contributed by atoms with Crippen molar-refractivity contribution in [2.75, 3.05) is 6.61 Å². The molecule has 11 heteroatoms. The number of nitrogens with zero attached hydrogens (tertiary/aromatic N) is 4. The normalized spacial score (nSPS) is 15.7. The number of aromatic amines is 1. The first-order valence-corrected chi connectivity index (χ1v) is 7.67. The van der Waals surface area contributed by atoms with Crippen molar-refractivity contribution < 1.29 is 14.4 Å². The lowest BCUT2D eigenvalue weighted by Gasteiger charge is -2.11. The predicted molar refractivity (Wildman–Crippen MR) is 88.6 cm³/mol. The molecule has 0 spiro atoms. The molecule has 0 radical (unpaired) electrons. The van der Waals surface area contributed by atoms with E-state index < -0.39 is 16.2 Å². The van der Waals surface area contributed by atoms with Crippen LogP contribution in [-0.2, 0) is 13.6 Å². The summed E-state index contributed by atoms with van der Waals surface area (Å²) in [5, 5.41) is 10.6. The third-order valence-electron chi connectivity index (χ3n) is 4.11. The van der Waals surface area contributed by atoms with Crippen LogP contribution in [0.5, 0.6) is 11.8 Å². The fourth-order valence-electron chi connectivity index (χ4n) is 2.80. The zero-order valence-corrected chi connectivity index (χ0v) is 13.5. The highest BCUT2D eigenvalue weighted by Gasteiger charge is 2.29. The second-order valence-corrected chi connectivity index (χ2v) is 5.80. The smallest absolute Gasteiger partial charge is 0.329 e. The van der Waals surface area contributed by atoms with Gasteiger partial charge in [-0.3, -0.25) is 29.0 Å². The lowest BCUT2D eigenvalue weighted by Crippen LogP contribution is -2.30. The second-order valence-electron chi connectivity index (χ2n) is 5.80. The maximum Gasteiger partial charge on any atom is 0.329 e. The molecular formula is C15H13N5O6. The Labute approximate surface area is 144 Å². The van der Waals surface area contributed by atoms with E-state index in [0.717, 1.165) is 0 Å². The first kappa shape index (κ1) is 15.9.